The lowest BCUT2D eigenvalue weighted by molar-refractivity contribution is -0.0980. The highest BCUT2D eigenvalue weighted by Gasteiger charge is 2.21. The third-order valence-electron chi connectivity index (χ3n) is 3.73. The standard InChI is InChI=1S/C15H24N2O2.C2H6.CH2O/c1-11(5-4-10-16)12(2)17(3)15(19)13-6-8-14(18)9-7-13;2*1-2/h6-9,11-12,18H,4-5,10,16H2,1-3H3;1-2H3;1H2/t11-,12-;;/m1../s1. The summed E-state index contributed by atoms with van der Waals surface area (Å²) in [4.78, 5) is 22.1. The van der Waals surface area contributed by atoms with E-state index in [2.05, 4.69) is 13.8 Å². The predicted octanol–water partition coefficient (Wildman–Crippen LogP) is 3.07. The van der Waals surface area contributed by atoms with Gasteiger partial charge in [-0.2, -0.15) is 0 Å². The van der Waals surface area contributed by atoms with Crippen LogP contribution in [0.1, 0.15) is 50.9 Å². The fourth-order valence-corrected chi connectivity index (χ4v) is 2.06. The van der Waals surface area contributed by atoms with Gasteiger partial charge in [0.25, 0.3) is 5.91 Å². The SMILES string of the molecule is C=O.CC.C[C@H](CCCN)[C@@H](C)N(C)C(=O)c1ccc(O)cc1. The normalized spacial score (nSPS) is 11.9. The molecule has 0 fully saturated rings. The Balaban J connectivity index is 0. The molecule has 23 heavy (non-hydrogen) atoms. The average Bonchev–Trinajstić information content (AvgIpc) is 2.61. The van der Waals surface area contributed by atoms with Gasteiger partial charge in [0.2, 0.25) is 0 Å². The first-order valence-electron chi connectivity index (χ1n) is 8.02. The Morgan fingerprint density at radius 3 is 2.13 bits per heavy atom. The number of amides is 1. The van der Waals surface area contributed by atoms with Gasteiger partial charge >= 0.3 is 0 Å². The van der Waals surface area contributed by atoms with Crippen LogP contribution in [0.3, 0.4) is 0 Å². The van der Waals surface area contributed by atoms with Crippen LogP contribution in [0.25, 0.3) is 0 Å². The largest absolute Gasteiger partial charge is 0.508 e. The third-order valence-corrected chi connectivity index (χ3v) is 3.73. The summed E-state index contributed by atoms with van der Waals surface area (Å²) in [6.45, 7) is 10.9. The Bertz CT molecular complexity index is 421. The number of benzene rings is 1. The van der Waals surface area contributed by atoms with Crippen LogP contribution in [-0.4, -0.2) is 42.3 Å². The molecule has 0 radical (unpaired) electrons. The summed E-state index contributed by atoms with van der Waals surface area (Å²) in [7, 11) is 1.82. The minimum absolute atomic E-state index is 0.0212. The molecule has 132 valence electrons. The first kappa shape index (κ1) is 23.4. The minimum Gasteiger partial charge on any atom is -0.508 e. The zero-order valence-corrected chi connectivity index (χ0v) is 15.1. The molecule has 2 atom stereocenters. The Morgan fingerprint density at radius 2 is 1.70 bits per heavy atom. The molecule has 1 rings (SSSR count). The molecule has 0 aliphatic carbocycles. The van der Waals surface area contributed by atoms with Crippen molar-refractivity contribution in [2.24, 2.45) is 11.7 Å². The van der Waals surface area contributed by atoms with Crippen molar-refractivity contribution in [3.05, 3.63) is 29.8 Å². The Labute approximate surface area is 140 Å². The number of nitrogens with zero attached hydrogens (tertiary/aromatic N) is 1. The van der Waals surface area contributed by atoms with Crippen LogP contribution in [0.5, 0.6) is 5.75 Å². The van der Waals surface area contributed by atoms with Gasteiger partial charge in [0.1, 0.15) is 12.5 Å². The maximum absolute atomic E-state index is 12.3. The molecule has 0 spiro atoms. The molecule has 0 saturated heterocycles. The first-order chi connectivity index (χ1) is 11.0. The second-order valence-electron chi connectivity index (χ2n) is 5.11. The van der Waals surface area contributed by atoms with Crippen molar-refractivity contribution >= 4 is 12.7 Å². The Kier molecular flexibility index (Phi) is 14.0. The van der Waals surface area contributed by atoms with Gasteiger partial charge in [-0.05, 0) is 56.5 Å². The number of carbonyl (C=O) groups excluding carboxylic acids is 2. The fraction of sp³-hybridized carbons (Fsp3) is 0.556. The van der Waals surface area contributed by atoms with Crippen LogP contribution in [0.2, 0.25) is 0 Å². The molecule has 0 heterocycles. The lowest BCUT2D eigenvalue weighted by Crippen LogP contribution is -2.39. The average molecular weight is 324 g/mol. The van der Waals surface area contributed by atoms with E-state index >= 15 is 0 Å². The maximum atomic E-state index is 12.3. The van der Waals surface area contributed by atoms with Crippen LogP contribution in [0.15, 0.2) is 24.3 Å². The molecular weight excluding hydrogens is 292 g/mol. The highest BCUT2D eigenvalue weighted by Crippen LogP contribution is 2.18. The van der Waals surface area contributed by atoms with Crippen LogP contribution in [-0.2, 0) is 4.79 Å². The van der Waals surface area contributed by atoms with E-state index in [0.717, 1.165) is 12.8 Å². The van der Waals surface area contributed by atoms with Crippen LogP contribution in [0, 0.1) is 5.92 Å². The quantitative estimate of drug-likeness (QED) is 0.842. The zero-order chi connectivity index (χ0) is 18.4. The molecule has 1 aromatic carbocycles. The van der Waals surface area contributed by atoms with E-state index in [-0.39, 0.29) is 17.7 Å². The highest BCUT2D eigenvalue weighted by molar-refractivity contribution is 5.94. The number of rotatable bonds is 6. The fourth-order valence-electron chi connectivity index (χ4n) is 2.06. The van der Waals surface area contributed by atoms with Gasteiger partial charge in [-0.1, -0.05) is 20.8 Å². The Hall–Kier alpha value is -1.88. The van der Waals surface area contributed by atoms with E-state index in [0.29, 0.717) is 18.0 Å². The monoisotopic (exact) mass is 324 g/mol. The summed E-state index contributed by atoms with van der Waals surface area (Å²) in [5.41, 5.74) is 6.11. The first-order valence-corrected chi connectivity index (χ1v) is 8.02. The molecule has 0 aromatic heterocycles. The molecule has 0 aliphatic rings. The van der Waals surface area contributed by atoms with Gasteiger partial charge in [0.05, 0.1) is 0 Å². The molecule has 0 saturated carbocycles. The second kappa shape index (κ2) is 13.8. The van der Waals surface area contributed by atoms with Gasteiger partial charge in [0.15, 0.2) is 0 Å². The predicted molar refractivity (Wildman–Crippen MR) is 95.6 cm³/mol. The number of hydrogen-bond donors (Lipinski definition) is 2. The van der Waals surface area contributed by atoms with Crippen LogP contribution < -0.4 is 5.73 Å². The van der Waals surface area contributed by atoms with Crippen molar-refractivity contribution in [2.45, 2.75) is 46.6 Å². The van der Waals surface area contributed by atoms with Crippen molar-refractivity contribution in [3.8, 4) is 5.75 Å². The Morgan fingerprint density at radius 1 is 1.22 bits per heavy atom. The number of phenols is 1. The van der Waals surface area contributed by atoms with Crippen LogP contribution >= 0.6 is 0 Å². The molecule has 5 heteroatoms. The van der Waals surface area contributed by atoms with E-state index < -0.39 is 0 Å². The van der Waals surface area contributed by atoms with Crippen molar-refractivity contribution in [1.82, 2.24) is 4.90 Å². The summed E-state index contributed by atoms with van der Waals surface area (Å²) in [5.74, 6) is 0.560. The summed E-state index contributed by atoms with van der Waals surface area (Å²) in [6.07, 6.45) is 2.00. The van der Waals surface area contributed by atoms with Gasteiger partial charge in [-0.3, -0.25) is 4.79 Å². The van der Waals surface area contributed by atoms with Gasteiger partial charge in [-0.15, -0.1) is 0 Å². The van der Waals surface area contributed by atoms with Crippen molar-refractivity contribution < 1.29 is 14.7 Å². The molecule has 0 bridgehead atoms. The summed E-state index contributed by atoms with van der Waals surface area (Å²) in [6, 6.07) is 6.51. The maximum Gasteiger partial charge on any atom is 0.253 e. The summed E-state index contributed by atoms with van der Waals surface area (Å²) in [5, 5.41) is 9.23. The molecular formula is C18H32N2O3. The second-order valence-corrected chi connectivity index (χ2v) is 5.11. The van der Waals surface area contributed by atoms with Crippen molar-refractivity contribution in [3.63, 3.8) is 0 Å². The topological polar surface area (TPSA) is 83.6 Å². The molecule has 0 aliphatic heterocycles. The number of hydrogen-bond acceptors (Lipinski definition) is 4. The smallest absolute Gasteiger partial charge is 0.253 e. The number of nitrogens with two attached hydrogens (primary N) is 1. The molecule has 1 aromatic rings. The number of phenolic OH excluding ortho intramolecular Hbond substituents is 1. The highest BCUT2D eigenvalue weighted by atomic mass is 16.3. The molecule has 0 unspecified atom stereocenters. The number of carbonyl (C=O) groups is 2. The van der Waals surface area contributed by atoms with E-state index in [1.165, 1.54) is 12.1 Å². The van der Waals surface area contributed by atoms with Gasteiger partial charge in [-0.25, -0.2) is 0 Å². The van der Waals surface area contributed by atoms with Crippen LogP contribution in [0.4, 0.5) is 0 Å². The van der Waals surface area contributed by atoms with E-state index in [1.54, 1.807) is 17.0 Å². The lowest BCUT2D eigenvalue weighted by atomic mass is 9.96. The zero-order valence-electron chi connectivity index (χ0n) is 15.1. The molecule has 5 nitrogen and oxygen atoms in total. The van der Waals surface area contributed by atoms with Crippen molar-refractivity contribution in [2.75, 3.05) is 13.6 Å². The minimum atomic E-state index is -0.0212. The summed E-state index contributed by atoms with van der Waals surface area (Å²) >= 11 is 0. The van der Waals surface area contributed by atoms with Gasteiger partial charge in [0, 0.05) is 18.7 Å². The van der Waals surface area contributed by atoms with E-state index in [9.17, 15) is 9.90 Å². The van der Waals surface area contributed by atoms with Gasteiger partial charge < -0.3 is 20.5 Å². The lowest BCUT2D eigenvalue weighted by Gasteiger charge is -2.30. The molecule has 1 amide bonds. The van der Waals surface area contributed by atoms with E-state index in [4.69, 9.17) is 10.5 Å². The van der Waals surface area contributed by atoms with E-state index in [1.807, 2.05) is 27.7 Å². The third kappa shape index (κ3) is 8.35. The summed E-state index contributed by atoms with van der Waals surface area (Å²) < 4.78 is 0. The number of aromatic hydroxyl groups is 1. The molecule has 3 N–H and O–H groups in total. The van der Waals surface area contributed by atoms with Crippen molar-refractivity contribution in [1.29, 1.82) is 0 Å².